The molecule has 0 amide bonds. The molecule has 106 valence electrons. The van der Waals surface area contributed by atoms with Gasteiger partial charge in [-0.3, -0.25) is 4.57 Å². The lowest BCUT2D eigenvalue weighted by Crippen LogP contribution is -2.16. The van der Waals surface area contributed by atoms with Crippen LogP contribution in [0.2, 0.25) is 0 Å². The molecule has 0 aliphatic heterocycles. The topological polar surface area (TPSA) is 76.7 Å². The number of hydrogen-bond donors (Lipinski definition) is 2. The van der Waals surface area contributed by atoms with Crippen molar-refractivity contribution in [3.05, 3.63) is 40.1 Å². The van der Waals surface area contributed by atoms with Crippen molar-refractivity contribution in [2.75, 3.05) is 0 Å². The maximum atomic E-state index is 13.3. The molecule has 1 saturated carbocycles. The molecule has 3 rings (SSSR count). The average molecular weight is 294 g/mol. The Morgan fingerprint density at radius 3 is 2.95 bits per heavy atom. The number of hydrogen-bond acceptors (Lipinski definition) is 4. The van der Waals surface area contributed by atoms with E-state index in [-0.39, 0.29) is 23.6 Å². The maximum Gasteiger partial charge on any atom is 0.344 e. The largest absolute Gasteiger partial charge is 0.344 e. The molecule has 1 unspecified atom stereocenters. The molecule has 1 aromatic carbocycles. The van der Waals surface area contributed by atoms with E-state index in [0.29, 0.717) is 10.7 Å². The predicted octanol–water partition coefficient (Wildman–Crippen LogP) is 2.22. The van der Waals surface area contributed by atoms with Gasteiger partial charge in [0.2, 0.25) is 0 Å². The van der Waals surface area contributed by atoms with E-state index >= 15 is 0 Å². The van der Waals surface area contributed by atoms with Crippen LogP contribution in [0.25, 0.3) is 0 Å². The molecule has 0 saturated heterocycles. The van der Waals surface area contributed by atoms with Crippen LogP contribution in [0.3, 0.4) is 0 Å². The van der Waals surface area contributed by atoms with Gasteiger partial charge >= 0.3 is 5.69 Å². The summed E-state index contributed by atoms with van der Waals surface area (Å²) in [5, 5.41) is 7.12. The van der Waals surface area contributed by atoms with Gasteiger partial charge in [0.15, 0.2) is 5.16 Å². The Bertz CT molecular complexity index is 690. The summed E-state index contributed by atoms with van der Waals surface area (Å²) in [5.74, 6) is -0.316. The Morgan fingerprint density at radius 2 is 2.30 bits per heavy atom. The van der Waals surface area contributed by atoms with Crippen molar-refractivity contribution in [2.45, 2.75) is 41.9 Å². The molecule has 0 bridgehead atoms. The number of nitrogens with two attached hydrogens (primary N) is 1. The molecule has 7 heteroatoms. The van der Waals surface area contributed by atoms with Gasteiger partial charge in [0.05, 0.1) is 0 Å². The van der Waals surface area contributed by atoms with E-state index in [9.17, 15) is 9.18 Å². The summed E-state index contributed by atoms with van der Waals surface area (Å²) in [6, 6.07) is 4.45. The van der Waals surface area contributed by atoms with Crippen molar-refractivity contribution in [1.29, 1.82) is 0 Å². The van der Waals surface area contributed by atoms with Gasteiger partial charge in [0.1, 0.15) is 5.82 Å². The monoisotopic (exact) mass is 294 g/mol. The number of aromatic nitrogens is 3. The molecule has 1 atom stereocenters. The van der Waals surface area contributed by atoms with Crippen molar-refractivity contribution < 1.29 is 4.39 Å². The number of nitrogens with one attached hydrogen (secondary N) is 1. The normalized spacial score (nSPS) is 16.4. The van der Waals surface area contributed by atoms with Gasteiger partial charge in [-0.25, -0.2) is 14.3 Å². The quantitative estimate of drug-likeness (QED) is 0.906. The Kier molecular flexibility index (Phi) is 3.39. The first-order chi connectivity index (χ1) is 9.56. The number of nitrogens with zero attached hydrogens (tertiary/aromatic N) is 2. The van der Waals surface area contributed by atoms with Crippen LogP contribution >= 0.6 is 11.8 Å². The molecular formula is C13H15FN4OS. The number of halogens is 1. The standard InChI is InChI=1S/C13H15FN4OS/c1-7(15)10-6-8(14)2-5-11(10)20-13-17-16-12(19)18(13)9-3-4-9/h2,5-7,9H,3-4,15H2,1H3,(H,16,19). The summed E-state index contributed by atoms with van der Waals surface area (Å²) in [4.78, 5) is 12.6. The third-order valence-corrected chi connectivity index (χ3v) is 4.31. The highest BCUT2D eigenvalue weighted by molar-refractivity contribution is 7.99. The minimum absolute atomic E-state index is 0.195. The van der Waals surface area contributed by atoms with Crippen LogP contribution in [0.15, 0.2) is 33.0 Å². The van der Waals surface area contributed by atoms with Gasteiger partial charge < -0.3 is 5.73 Å². The zero-order chi connectivity index (χ0) is 14.3. The molecule has 1 aliphatic carbocycles. The van der Waals surface area contributed by atoms with Crippen LogP contribution in [0.5, 0.6) is 0 Å². The molecule has 0 radical (unpaired) electrons. The van der Waals surface area contributed by atoms with E-state index in [4.69, 9.17) is 5.73 Å². The van der Waals surface area contributed by atoms with E-state index in [1.165, 1.54) is 23.9 Å². The molecular weight excluding hydrogens is 279 g/mol. The Morgan fingerprint density at radius 1 is 1.55 bits per heavy atom. The fraction of sp³-hybridized carbons (Fsp3) is 0.385. The summed E-state index contributed by atoms with van der Waals surface area (Å²) in [5.41, 5.74) is 6.40. The van der Waals surface area contributed by atoms with E-state index in [0.717, 1.165) is 17.7 Å². The Labute approximate surface area is 119 Å². The van der Waals surface area contributed by atoms with Crippen molar-refractivity contribution >= 4 is 11.8 Å². The lowest BCUT2D eigenvalue weighted by atomic mass is 10.1. The smallest absolute Gasteiger partial charge is 0.324 e. The fourth-order valence-electron chi connectivity index (χ4n) is 2.08. The predicted molar refractivity (Wildman–Crippen MR) is 74.2 cm³/mol. The van der Waals surface area contributed by atoms with E-state index in [1.54, 1.807) is 17.6 Å². The first kappa shape index (κ1) is 13.4. The number of H-pyrrole nitrogens is 1. The summed E-state index contributed by atoms with van der Waals surface area (Å²) < 4.78 is 15.0. The third kappa shape index (κ3) is 2.51. The first-order valence-corrected chi connectivity index (χ1v) is 7.27. The van der Waals surface area contributed by atoms with E-state index in [1.807, 2.05) is 0 Å². The van der Waals surface area contributed by atoms with Gasteiger partial charge in [0, 0.05) is 17.0 Å². The molecule has 1 aromatic heterocycles. The molecule has 1 heterocycles. The lowest BCUT2D eigenvalue weighted by molar-refractivity contribution is 0.618. The second-order valence-corrected chi connectivity index (χ2v) is 5.99. The van der Waals surface area contributed by atoms with Crippen molar-refractivity contribution in [3.8, 4) is 0 Å². The number of rotatable bonds is 4. The van der Waals surface area contributed by atoms with Crippen LogP contribution in [-0.2, 0) is 0 Å². The van der Waals surface area contributed by atoms with Crippen molar-refractivity contribution in [2.24, 2.45) is 5.73 Å². The van der Waals surface area contributed by atoms with Crippen LogP contribution < -0.4 is 11.4 Å². The second kappa shape index (κ2) is 5.06. The average Bonchev–Trinajstić information content (AvgIpc) is 3.17. The molecule has 20 heavy (non-hydrogen) atoms. The van der Waals surface area contributed by atoms with Gasteiger partial charge in [-0.15, -0.1) is 5.10 Å². The van der Waals surface area contributed by atoms with Gasteiger partial charge in [-0.2, -0.15) is 0 Å². The van der Waals surface area contributed by atoms with Crippen LogP contribution in [0, 0.1) is 5.82 Å². The first-order valence-electron chi connectivity index (χ1n) is 6.46. The highest BCUT2D eigenvalue weighted by atomic mass is 32.2. The minimum Gasteiger partial charge on any atom is -0.324 e. The van der Waals surface area contributed by atoms with E-state index in [2.05, 4.69) is 10.2 Å². The summed E-state index contributed by atoms with van der Waals surface area (Å²) in [7, 11) is 0. The maximum absolute atomic E-state index is 13.3. The molecule has 0 spiro atoms. The zero-order valence-electron chi connectivity index (χ0n) is 11.0. The van der Waals surface area contributed by atoms with Crippen LogP contribution in [-0.4, -0.2) is 14.8 Å². The molecule has 1 fully saturated rings. The van der Waals surface area contributed by atoms with Crippen LogP contribution in [0.1, 0.15) is 37.4 Å². The van der Waals surface area contributed by atoms with Gasteiger partial charge in [-0.05, 0) is 55.3 Å². The lowest BCUT2D eigenvalue weighted by Gasteiger charge is -2.12. The second-order valence-electron chi connectivity index (χ2n) is 4.99. The summed E-state index contributed by atoms with van der Waals surface area (Å²) in [6.07, 6.45) is 1.99. The Hall–Kier alpha value is -1.60. The van der Waals surface area contributed by atoms with E-state index < -0.39 is 0 Å². The van der Waals surface area contributed by atoms with Gasteiger partial charge in [0.25, 0.3) is 0 Å². The SMILES string of the molecule is CC(N)c1cc(F)ccc1Sc1n[nH]c(=O)n1C1CC1. The van der Waals surface area contributed by atoms with Gasteiger partial charge in [-0.1, -0.05) is 0 Å². The molecule has 1 aliphatic rings. The molecule has 2 aromatic rings. The van der Waals surface area contributed by atoms with Crippen LogP contribution in [0.4, 0.5) is 4.39 Å². The minimum atomic E-state index is -0.316. The number of benzene rings is 1. The molecule has 3 N–H and O–H groups in total. The zero-order valence-corrected chi connectivity index (χ0v) is 11.8. The summed E-state index contributed by atoms with van der Waals surface area (Å²) in [6.45, 7) is 1.80. The number of aromatic amines is 1. The third-order valence-electron chi connectivity index (χ3n) is 3.25. The fourth-order valence-corrected chi connectivity index (χ4v) is 3.20. The summed E-state index contributed by atoms with van der Waals surface area (Å²) >= 11 is 1.34. The van der Waals surface area contributed by atoms with Crippen molar-refractivity contribution in [1.82, 2.24) is 14.8 Å². The van der Waals surface area contributed by atoms with Crippen molar-refractivity contribution in [3.63, 3.8) is 0 Å². The Balaban J connectivity index is 1.97. The highest BCUT2D eigenvalue weighted by Gasteiger charge is 2.29. The highest BCUT2D eigenvalue weighted by Crippen LogP contribution is 2.38. The molecule has 5 nitrogen and oxygen atoms in total.